The summed E-state index contributed by atoms with van der Waals surface area (Å²) in [4.78, 5) is 28.9. The molecule has 0 aliphatic rings. The lowest BCUT2D eigenvalue weighted by Crippen LogP contribution is -2.50. The summed E-state index contributed by atoms with van der Waals surface area (Å²) < 4.78 is 31.8. The van der Waals surface area contributed by atoms with Crippen molar-refractivity contribution in [2.24, 2.45) is 0 Å². The molecule has 0 heterocycles. The highest BCUT2D eigenvalue weighted by Crippen LogP contribution is 2.26. The number of sulfonamides is 1. The number of hydrogen-bond donors (Lipinski definition) is 1. The number of rotatable bonds is 15. The minimum absolute atomic E-state index is 0.00748. The smallest absolute Gasteiger partial charge is 0.243 e. The summed E-state index contributed by atoms with van der Waals surface area (Å²) in [7, 11) is -2.13. The third-order valence-corrected chi connectivity index (χ3v) is 8.45. The fourth-order valence-corrected chi connectivity index (χ4v) is 5.95. The van der Waals surface area contributed by atoms with Crippen LogP contribution in [0.4, 0.5) is 5.69 Å². The van der Waals surface area contributed by atoms with E-state index in [4.69, 9.17) is 27.9 Å². The monoisotopic (exact) mass is 633 g/mol. The van der Waals surface area contributed by atoms with Crippen LogP contribution in [0.1, 0.15) is 37.3 Å². The van der Waals surface area contributed by atoms with Crippen molar-refractivity contribution in [3.8, 4) is 5.75 Å². The van der Waals surface area contributed by atoms with Gasteiger partial charge in [0.25, 0.3) is 0 Å². The molecule has 0 saturated carbocycles. The van der Waals surface area contributed by atoms with Gasteiger partial charge in [0.1, 0.15) is 11.8 Å². The Kier molecular flexibility index (Phi) is 12.5. The summed E-state index contributed by atoms with van der Waals surface area (Å²) in [5, 5.41) is 3.78. The van der Waals surface area contributed by atoms with Crippen LogP contribution in [-0.2, 0) is 32.6 Å². The predicted octanol–water partition coefficient (Wildman–Crippen LogP) is 5.71. The minimum Gasteiger partial charge on any atom is -0.497 e. The number of benzene rings is 3. The van der Waals surface area contributed by atoms with Gasteiger partial charge in [0.05, 0.1) is 19.1 Å². The SMILES string of the molecule is CCCNC(=O)[C@@H](Cc1ccccc1)N(Cc1ccc(Cl)cc1Cl)C(=O)CCCN(c1cccc(OC)c1)S(C)(=O)=O. The highest BCUT2D eigenvalue weighted by molar-refractivity contribution is 7.92. The highest BCUT2D eigenvalue weighted by Gasteiger charge is 2.31. The van der Waals surface area contributed by atoms with Crippen molar-refractivity contribution in [3.05, 3.63) is 94.0 Å². The van der Waals surface area contributed by atoms with E-state index < -0.39 is 16.1 Å². The van der Waals surface area contributed by atoms with E-state index >= 15 is 0 Å². The van der Waals surface area contributed by atoms with Crippen LogP contribution < -0.4 is 14.4 Å². The number of methoxy groups -OCH3 is 1. The number of halogens is 2. The molecule has 3 aromatic carbocycles. The predicted molar refractivity (Wildman–Crippen MR) is 169 cm³/mol. The number of nitrogens with zero attached hydrogens (tertiary/aromatic N) is 2. The topological polar surface area (TPSA) is 96.0 Å². The van der Waals surface area contributed by atoms with E-state index in [2.05, 4.69) is 5.32 Å². The second-order valence-electron chi connectivity index (χ2n) is 9.89. The summed E-state index contributed by atoms with van der Waals surface area (Å²) in [5.41, 5.74) is 1.98. The third kappa shape index (κ3) is 9.64. The molecule has 0 bridgehead atoms. The first-order valence-corrected chi connectivity index (χ1v) is 16.3. The Morgan fingerprint density at radius 1 is 1.00 bits per heavy atom. The first kappa shape index (κ1) is 33.2. The second kappa shape index (κ2) is 15.8. The summed E-state index contributed by atoms with van der Waals surface area (Å²) in [5.74, 6) is -0.0499. The van der Waals surface area contributed by atoms with Gasteiger partial charge in [-0.25, -0.2) is 8.42 Å². The van der Waals surface area contributed by atoms with E-state index in [0.717, 1.165) is 18.2 Å². The fourth-order valence-electron chi connectivity index (χ4n) is 4.52. The average molecular weight is 635 g/mol. The Morgan fingerprint density at radius 3 is 2.38 bits per heavy atom. The maximum absolute atomic E-state index is 13.9. The molecule has 0 fully saturated rings. The minimum atomic E-state index is -3.64. The number of hydrogen-bond acceptors (Lipinski definition) is 5. The molecule has 0 unspecified atom stereocenters. The summed E-state index contributed by atoms with van der Waals surface area (Å²) in [6, 6.07) is 20.4. The van der Waals surface area contributed by atoms with Crippen molar-refractivity contribution >= 4 is 50.7 Å². The van der Waals surface area contributed by atoms with Crippen LogP contribution in [0, 0.1) is 0 Å². The summed E-state index contributed by atoms with van der Waals surface area (Å²) in [6.45, 7) is 2.58. The second-order valence-corrected chi connectivity index (χ2v) is 12.6. The molecule has 3 rings (SSSR count). The van der Waals surface area contributed by atoms with Crippen LogP contribution in [0.2, 0.25) is 10.0 Å². The molecule has 1 N–H and O–H groups in total. The number of ether oxygens (including phenoxy) is 1. The Bertz CT molecular complexity index is 1450. The van der Waals surface area contributed by atoms with Gasteiger partial charge >= 0.3 is 0 Å². The number of amides is 2. The molecular formula is C31H37Cl2N3O5S. The van der Waals surface area contributed by atoms with E-state index in [-0.39, 0.29) is 37.7 Å². The molecule has 226 valence electrons. The molecule has 0 aromatic heterocycles. The fraction of sp³-hybridized carbons (Fsp3) is 0.355. The van der Waals surface area contributed by atoms with Gasteiger partial charge in [0, 0.05) is 48.6 Å². The first-order valence-electron chi connectivity index (χ1n) is 13.7. The number of nitrogens with one attached hydrogen (secondary N) is 1. The van der Waals surface area contributed by atoms with E-state index in [9.17, 15) is 18.0 Å². The number of carbonyl (C=O) groups excluding carboxylic acids is 2. The zero-order valence-electron chi connectivity index (χ0n) is 24.1. The Labute approximate surface area is 258 Å². The van der Waals surface area contributed by atoms with Crippen LogP contribution in [0.25, 0.3) is 0 Å². The molecule has 42 heavy (non-hydrogen) atoms. The van der Waals surface area contributed by atoms with Gasteiger partial charge in [0.2, 0.25) is 21.8 Å². The van der Waals surface area contributed by atoms with Crippen molar-refractivity contribution in [1.82, 2.24) is 10.2 Å². The zero-order valence-corrected chi connectivity index (χ0v) is 26.4. The van der Waals surface area contributed by atoms with Gasteiger partial charge in [-0.1, -0.05) is 72.6 Å². The normalized spacial score (nSPS) is 11.9. The molecule has 3 aromatic rings. The van der Waals surface area contributed by atoms with Crippen LogP contribution in [-0.4, -0.2) is 57.6 Å². The van der Waals surface area contributed by atoms with Crippen molar-refractivity contribution in [3.63, 3.8) is 0 Å². The lowest BCUT2D eigenvalue weighted by molar-refractivity contribution is -0.141. The van der Waals surface area contributed by atoms with E-state index in [1.54, 1.807) is 42.5 Å². The van der Waals surface area contributed by atoms with Crippen molar-refractivity contribution in [2.75, 3.05) is 30.8 Å². The molecule has 0 aliphatic heterocycles. The number of carbonyl (C=O) groups is 2. The molecule has 0 saturated heterocycles. The van der Waals surface area contributed by atoms with Gasteiger partial charge in [-0.2, -0.15) is 0 Å². The maximum atomic E-state index is 13.9. The van der Waals surface area contributed by atoms with E-state index in [1.165, 1.54) is 16.3 Å². The Hall–Kier alpha value is -3.27. The number of anilines is 1. The van der Waals surface area contributed by atoms with Gasteiger partial charge < -0.3 is 15.0 Å². The lowest BCUT2D eigenvalue weighted by Gasteiger charge is -2.32. The van der Waals surface area contributed by atoms with Crippen LogP contribution in [0.15, 0.2) is 72.8 Å². The zero-order chi connectivity index (χ0) is 30.7. The molecule has 1 atom stereocenters. The van der Waals surface area contributed by atoms with Crippen molar-refractivity contribution in [2.45, 2.75) is 45.2 Å². The lowest BCUT2D eigenvalue weighted by atomic mass is 10.0. The largest absolute Gasteiger partial charge is 0.497 e. The average Bonchev–Trinajstić information content (AvgIpc) is 2.96. The third-order valence-electron chi connectivity index (χ3n) is 6.67. The quantitative estimate of drug-likeness (QED) is 0.231. The van der Waals surface area contributed by atoms with E-state index in [0.29, 0.717) is 40.0 Å². The molecule has 11 heteroatoms. The molecule has 0 radical (unpaired) electrons. The standard InChI is InChI=1S/C31H37Cl2N3O5S/c1-4-17-34-31(38)29(19-23-10-6-5-7-11-23)35(22-24-15-16-25(32)20-28(24)33)30(37)14-9-18-36(42(3,39)40)26-12-8-13-27(21-26)41-2/h5-8,10-13,15-16,20-21,29H,4,9,14,17-19,22H2,1-3H3,(H,34,38)/t29-/m1/s1. The van der Waals surface area contributed by atoms with Gasteiger partial charge in [0.15, 0.2) is 0 Å². The van der Waals surface area contributed by atoms with Gasteiger partial charge in [-0.15, -0.1) is 0 Å². The molecule has 0 spiro atoms. The Morgan fingerprint density at radius 2 is 1.74 bits per heavy atom. The van der Waals surface area contributed by atoms with E-state index in [1.807, 2.05) is 37.3 Å². The molecule has 0 aliphatic carbocycles. The molecule has 8 nitrogen and oxygen atoms in total. The highest BCUT2D eigenvalue weighted by atomic mass is 35.5. The van der Waals surface area contributed by atoms with Gasteiger partial charge in [-0.3, -0.25) is 13.9 Å². The van der Waals surface area contributed by atoms with Crippen LogP contribution in [0.5, 0.6) is 5.75 Å². The van der Waals surface area contributed by atoms with Gasteiger partial charge in [-0.05, 0) is 48.2 Å². The van der Waals surface area contributed by atoms with Crippen LogP contribution in [0.3, 0.4) is 0 Å². The molecular weight excluding hydrogens is 597 g/mol. The first-order chi connectivity index (χ1) is 20.0. The summed E-state index contributed by atoms with van der Waals surface area (Å²) >= 11 is 12.6. The molecule has 2 amide bonds. The van der Waals surface area contributed by atoms with Crippen LogP contribution >= 0.6 is 23.2 Å². The van der Waals surface area contributed by atoms with Crippen molar-refractivity contribution in [1.29, 1.82) is 0 Å². The van der Waals surface area contributed by atoms with Crippen molar-refractivity contribution < 1.29 is 22.7 Å². The summed E-state index contributed by atoms with van der Waals surface area (Å²) in [6.07, 6.45) is 2.40. The Balaban J connectivity index is 1.90. The maximum Gasteiger partial charge on any atom is 0.243 e.